The molecule has 1 heterocycles. The van der Waals surface area contributed by atoms with E-state index < -0.39 is 7.80 Å². The van der Waals surface area contributed by atoms with Crippen molar-refractivity contribution in [2.75, 3.05) is 12.3 Å². The van der Waals surface area contributed by atoms with Crippen LogP contribution in [0.25, 0.3) is 0 Å². The zero-order valence-electron chi connectivity index (χ0n) is 8.77. The standard InChI is InChI=1S/C11H14OP.HOP/c1-9-4-2-3-5-11(9)10-6-7-13(12)8-10;1-2/h2-5,10H,6-8H2,1H3;2H/q+1;. The normalized spacial score (nSPS) is 21.9. The summed E-state index contributed by atoms with van der Waals surface area (Å²) in [6.07, 6.45) is 2.94. The van der Waals surface area contributed by atoms with Crippen molar-refractivity contribution in [1.29, 1.82) is 0 Å². The Labute approximate surface area is 93.5 Å². The van der Waals surface area contributed by atoms with Crippen LogP contribution in [0.4, 0.5) is 0 Å². The topological polar surface area (TPSA) is 34.1 Å². The van der Waals surface area contributed by atoms with Crippen LogP contribution in [-0.4, -0.2) is 12.3 Å². The highest BCUT2D eigenvalue weighted by atomic mass is 31.1. The first-order valence-electron chi connectivity index (χ1n) is 4.95. The lowest BCUT2D eigenvalue weighted by Gasteiger charge is -2.08. The van der Waals surface area contributed by atoms with Crippen molar-refractivity contribution >= 4 is 16.9 Å². The summed E-state index contributed by atoms with van der Waals surface area (Å²) in [7, 11) is 0.832. The molecule has 1 aliphatic rings. The summed E-state index contributed by atoms with van der Waals surface area (Å²) < 4.78 is 19.3. The fourth-order valence-electron chi connectivity index (χ4n) is 2.03. The predicted octanol–water partition coefficient (Wildman–Crippen LogP) is 3.78. The Hall–Kier alpha value is -0.580. The molecule has 0 bridgehead atoms. The summed E-state index contributed by atoms with van der Waals surface area (Å²) in [4.78, 5) is 0. The van der Waals surface area contributed by atoms with E-state index in [-0.39, 0.29) is 0 Å². The molecule has 15 heavy (non-hydrogen) atoms. The molecule has 2 rings (SSSR count). The summed E-state index contributed by atoms with van der Waals surface area (Å²) in [6, 6.07) is 8.46. The zero-order valence-corrected chi connectivity index (χ0v) is 10.7. The monoisotopic (exact) mass is 241 g/mol. The van der Waals surface area contributed by atoms with Gasteiger partial charge in [-0.25, -0.2) is 0 Å². The van der Waals surface area contributed by atoms with Gasteiger partial charge in [-0.05, 0) is 18.1 Å². The Bertz CT molecular complexity index is 352. The molecule has 1 saturated heterocycles. The van der Waals surface area contributed by atoms with E-state index in [1.54, 1.807) is 9.12 Å². The van der Waals surface area contributed by atoms with Crippen molar-refractivity contribution < 1.29 is 9.13 Å². The number of hydrogen-bond acceptors (Lipinski definition) is 2. The molecule has 1 aliphatic heterocycles. The maximum atomic E-state index is 11.3. The molecule has 0 spiro atoms. The van der Waals surface area contributed by atoms with Gasteiger partial charge in [0.1, 0.15) is 15.3 Å². The van der Waals surface area contributed by atoms with E-state index in [2.05, 4.69) is 31.2 Å². The van der Waals surface area contributed by atoms with E-state index in [0.717, 1.165) is 18.7 Å². The Kier molecular flexibility index (Phi) is 5.08. The van der Waals surface area contributed by atoms with Crippen LogP contribution in [0.5, 0.6) is 0 Å². The number of aryl methyl sites for hydroxylation is 1. The third-order valence-corrected chi connectivity index (χ3v) is 4.38. The minimum absolute atomic E-state index is 0.560. The second kappa shape index (κ2) is 6.10. The van der Waals surface area contributed by atoms with Crippen molar-refractivity contribution in [2.24, 2.45) is 0 Å². The molecular formula is C11H15O2P2+. The SMILES string of the molecule is Cc1ccccc1C1CC[P+](=O)C1.O=P. The molecule has 2 atom stereocenters. The molecule has 2 unspecified atom stereocenters. The Morgan fingerprint density at radius 2 is 2.00 bits per heavy atom. The molecule has 0 aromatic heterocycles. The summed E-state index contributed by atoms with van der Waals surface area (Å²) in [5, 5.41) is 0. The zero-order chi connectivity index (χ0) is 11.3. The fraction of sp³-hybridized carbons (Fsp3) is 0.455. The van der Waals surface area contributed by atoms with Gasteiger partial charge in [0.15, 0.2) is 6.16 Å². The molecule has 1 aromatic carbocycles. The second-order valence-electron chi connectivity index (χ2n) is 3.73. The molecular weight excluding hydrogens is 226 g/mol. The highest BCUT2D eigenvalue weighted by Crippen LogP contribution is 2.41. The lowest BCUT2D eigenvalue weighted by molar-refractivity contribution is 0.591. The minimum Gasteiger partial charge on any atom is -0.279 e. The lowest BCUT2D eigenvalue weighted by atomic mass is 9.95. The molecule has 80 valence electrons. The van der Waals surface area contributed by atoms with Crippen molar-refractivity contribution in [3.05, 3.63) is 35.4 Å². The van der Waals surface area contributed by atoms with Crippen molar-refractivity contribution in [3.63, 3.8) is 0 Å². The highest BCUT2D eigenvalue weighted by Gasteiger charge is 2.33. The van der Waals surface area contributed by atoms with Crippen LogP contribution >= 0.6 is 16.9 Å². The van der Waals surface area contributed by atoms with E-state index in [4.69, 9.17) is 4.57 Å². The van der Waals surface area contributed by atoms with Gasteiger partial charge in [0.05, 0.1) is 0 Å². The van der Waals surface area contributed by atoms with Crippen molar-refractivity contribution in [1.82, 2.24) is 0 Å². The summed E-state index contributed by atoms with van der Waals surface area (Å²) in [5.41, 5.74) is 2.75. The summed E-state index contributed by atoms with van der Waals surface area (Å²) >= 11 is 0. The van der Waals surface area contributed by atoms with Gasteiger partial charge in [0.25, 0.3) is 0 Å². The molecule has 0 amide bonds. The highest BCUT2D eigenvalue weighted by molar-refractivity contribution is 7.45. The predicted molar refractivity (Wildman–Crippen MR) is 64.9 cm³/mol. The van der Waals surface area contributed by atoms with Gasteiger partial charge in [0.2, 0.25) is 0 Å². The van der Waals surface area contributed by atoms with Gasteiger partial charge in [-0.1, -0.05) is 28.8 Å². The first-order chi connectivity index (χ1) is 7.27. The molecule has 4 heteroatoms. The van der Waals surface area contributed by atoms with Crippen LogP contribution in [0.15, 0.2) is 24.3 Å². The summed E-state index contributed by atoms with van der Waals surface area (Å²) in [5.74, 6) is 0.560. The van der Waals surface area contributed by atoms with Crippen LogP contribution < -0.4 is 0 Å². The van der Waals surface area contributed by atoms with Crippen LogP contribution in [0, 0.1) is 6.92 Å². The van der Waals surface area contributed by atoms with Crippen molar-refractivity contribution in [2.45, 2.75) is 19.3 Å². The maximum Gasteiger partial charge on any atom is 0.339 e. The van der Waals surface area contributed by atoms with Gasteiger partial charge >= 0.3 is 7.80 Å². The van der Waals surface area contributed by atoms with Gasteiger partial charge < -0.3 is 0 Å². The van der Waals surface area contributed by atoms with E-state index in [9.17, 15) is 4.57 Å². The average Bonchev–Trinajstić information content (AvgIpc) is 2.68. The second-order valence-corrected chi connectivity index (χ2v) is 5.51. The molecule has 2 nitrogen and oxygen atoms in total. The van der Waals surface area contributed by atoms with Gasteiger partial charge in [-0.15, -0.1) is 0 Å². The van der Waals surface area contributed by atoms with Gasteiger partial charge in [0, 0.05) is 12.3 Å². The quantitative estimate of drug-likeness (QED) is 0.701. The molecule has 1 fully saturated rings. The van der Waals surface area contributed by atoms with E-state index in [1.165, 1.54) is 11.1 Å². The molecule has 0 N–H and O–H groups in total. The Morgan fingerprint density at radius 1 is 1.33 bits per heavy atom. The molecule has 1 aromatic rings. The van der Waals surface area contributed by atoms with Crippen LogP contribution in [0.3, 0.4) is 0 Å². The fourth-order valence-corrected chi connectivity index (χ4v) is 3.68. The van der Waals surface area contributed by atoms with E-state index in [1.807, 2.05) is 0 Å². The molecule has 0 saturated carbocycles. The van der Waals surface area contributed by atoms with Gasteiger partial charge in [-0.2, -0.15) is 0 Å². The number of hydrogen-bond donors (Lipinski definition) is 0. The first kappa shape index (κ1) is 12.5. The largest absolute Gasteiger partial charge is 0.339 e. The van der Waals surface area contributed by atoms with Crippen LogP contribution in [-0.2, 0) is 9.13 Å². The maximum absolute atomic E-state index is 11.3. The van der Waals surface area contributed by atoms with Crippen molar-refractivity contribution in [3.8, 4) is 0 Å². The Balaban J connectivity index is 0.000000531. The Morgan fingerprint density at radius 3 is 2.53 bits per heavy atom. The average molecular weight is 241 g/mol. The molecule has 0 radical (unpaired) electrons. The lowest BCUT2D eigenvalue weighted by Crippen LogP contribution is -1.98. The third kappa shape index (κ3) is 3.19. The minimum atomic E-state index is -0.890. The number of benzene rings is 1. The van der Waals surface area contributed by atoms with Crippen LogP contribution in [0.1, 0.15) is 23.5 Å². The molecule has 0 aliphatic carbocycles. The van der Waals surface area contributed by atoms with E-state index >= 15 is 0 Å². The van der Waals surface area contributed by atoms with Gasteiger partial charge in [-0.3, -0.25) is 4.57 Å². The number of rotatable bonds is 1. The third-order valence-electron chi connectivity index (χ3n) is 2.78. The van der Waals surface area contributed by atoms with Crippen LogP contribution in [0.2, 0.25) is 0 Å². The summed E-state index contributed by atoms with van der Waals surface area (Å²) in [6.45, 7) is 2.14. The van der Waals surface area contributed by atoms with E-state index in [0.29, 0.717) is 5.92 Å². The smallest absolute Gasteiger partial charge is 0.279 e. The first-order valence-corrected chi connectivity index (χ1v) is 6.99.